The molecule has 12 nitrogen and oxygen atoms in total. The number of likely N-dealkylation sites (N-methyl/N-ethyl adjacent to an activating group) is 2. The van der Waals surface area contributed by atoms with Crippen LogP contribution in [0.15, 0.2) is 34.1 Å². The molecule has 0 aromatic carbocycles. The van der Waals surface area contributed by atoms with Crippen molar-refractivity contribution in [3.63, 3.8) is 0 Å². The summed E-state index contributed by atoms with van der Waals surface area (Å²) in [7, 11) is 6.97. The molecule has 0 radical (unpaired) electrons. The van der Waals surface area contributed by atoms with Gasteiger partial charge in [-0.05, 0) is 96.6 Å². The van der Waals surface area contributed by atoms with Crippen LogP contribution in [-0.2, 0) is 39.5 Å². The summed E-state index contributed by atoms with van der Waals surface area (Å²) in [5, 5.41) is 9.41. The predicted molar refractivity (Wildman–Crippen MR) is 192 cm³/mol. The molecule has 55 heavy (non-hydrogen) atoms. The molecular formula is C36H57F6LiN4O8. The van der Waals surface area contributed by atoms with Gasteiger partial charge >= 0.3 is 43.2 Å². The average Bonchev–Trinajstić information content (AvgIpc) is 2.99. The standard InChI is InChI=1S/C19H29F3N2O3.C17H25F3N2O3.Li.2H2O/c1-6-27-18(26)16(8-7-13(2)3)24-12-14(9-10-23(4)5)15(11-17(24)25)19(20,21)22;1-11(2)5-6-14(16(24)25)22-10-12(7-8-21(3)4)13(9-15(22)23)17(18,19)20;;;/h11-13,16H,6-10H2,1-5H3;9-11,14H,5-8H2,1-4H3,(H,24,25);;2*1H2/q;;+1;;/p-1. The fraction of sp³-hybridized carbons (Fsp3) is 0.667. The van der Waals surface area contributed by atoms with Gasteiger partial charge in [-0.2, -0.15) is 26.3 Å². The van der Waals surface area contributed by atoms with Gasteiger partial charge in [0.2, 0.25) is 0 Å². The van der Waals surface area contributed by atoms with Crippen molar-refractivity contribution in [3.8, 4) is 0 Å². The topological polar surface area (TPSA) is 176 Å². The van der Waals surface area contributed by atoms with Crippen molar-refractivity contribution in [2.45, 2.75) is 97.6 Å². The Kier molecular flexibility index (Phi) is 25.7. The Balaban J connectivity index is -0.000000935. The van der Waals surface area contributed by atoms with Crippen LogP contribution in [0.1, 0.15) is 94.6 Å². The van der Waals surface area contributed by atoms with Crippen molar-refractivity contribution in [2.75, 3.05) is 47.9 Å². The van der Waals surface area contributed by atoms with E-state index in [1.165, 1.54) is 6.20 Å². The molecular weight excluding hydrogens is 737 g/mol. The van der Waals surface area contributed by atoms with Gasteiger partial charge in [-0.3, -0.25) is 9.59 Å². The first-order valence-corrected chi connectivity index (χ1v) is 17.2. The Morgan fingerprint density at radius 3 is 1.36 bits per heavy atom. The largest absolute Gasteiger partial charge is 1.00 e. The van der Waals surface area contributed by atoms with E-state index >= 15 is 0 Å². The van der Waals surface area contributed by atoms with Gasteiger partial charge in [0.05, 0.1) is 17.7 Å². The number of aromatic nitrogens is 2. The average molecular weight is 795 g/mol. The summed E-state index contributed by atoms with van der Waals surface area (Å²) in [6.45, 7) is 10.3. The van der Waals surface area contributed by atoms with Crippen molar-refractivity contribution in [1.82, 2.24) is 18.9 Å². The number of hydrogen-bond donors (Lipinski definition) is 1. The van der Waals surface area contributed by atoms with E-state index in [0.717, 1.165) is 15.3 Å². The Hall–Kier alpha value is -3.14. The number of carboxylic acid groups (broad SMARTS) is 1. The molecule has 2 unspecified atom stereocenters. The third-order valence-electron chi connectivity index (χ3n) is 8.14. The van der Waals surface area contributed by atoms with Crippen molar-refractivity contribution >= 4 is 11.9 Å². The number of alkyl halides is 6. The molecule has 0 amide bonds. The molecule has 0 aliphatic heterocycles. The van der Waals surface area contributed by atoms with Gasteiger partial charge in [0.25, 0.3) is 11.1 Å². The van der Waals surface area contributed by atoms with E-state index in [0.29, 0.717) is 44.5 Å². The summed E-state index contributed by atoms with van der Waals surface area (Å²) < 4.78 is 86.8. The maximum atomic E-state index is 13.4. The van der Waals surface area contributed by atoms with Crippen LogP contribution < -0.4 is 30.0 Å². The molecule has 312 valence electrons. The minimum absolute atomic E-state index is 0. The molecule has 2 aromatic heterocycles. The molecule has 2 rings (SSSR count). The molecule has 0 saturated heterocycles. The van der Waals surface area contributed by atoms with Crippen LogP contribution in [0.5, 0.6) is 0 Å². The molecule has 0 saturated carbocycles. The van der Waals surface area contributed by atoms with E-state index in [-0.39, 0.29) is 78.6 Å². The molecule has 2 aromatic rings. The second kappa shape index (κ2) is 25.2. The SMILES string of the molecule is CC(C)CCC(C(=O)O)n1cc(CCN(C)C)c(C(F)(F)F)cc1=O.CCOC(=O)C(CCC(C)C)n1cc(CCN(C)C)c(C(F)(F)F)cc1=O.O.[Li+].[OH-]. The normalized spacial score (nSPS) is 12.6. The number of nitrogens with zero attached hydrogens (tertiary/aromatic N) is 4. The second-order valence-electron chi connectivity index (χ2n) is 14.1. The van der Waals surface area contributed by atoms with Gasteiger partial charge in [-0.25, -0.2) is 9.59 Å². The molecule has 19 heteroatoms. The maximum absolute atomic E-state index is 13.4. The predicted octanol–water partition coefficient (Wildman–Crippen LogP) is 2.55. The number of carboxylic acids is 1. The molecule has 0 fully saturated rings. The zero-order chi connectivity index (χ0) is 40.1. The van der Waals surface area contributed by atoms with Crippen molar-refractivity contribution in [3.05, 3.63) is 67.5 Å². The minimum atomic E-state index is -4.66. The van der Waals surface area contributed by atoms with Crippen LogP contribution in [0, 0.1) is 11.8 Å². The number of carbonyl (C=O) groups is 2. The van der Waals surface area contributed by atoms with Crippen molar-refractivity contribution in [1.29, 1.82) is 0 Å². The third kappa shape index (κ3) is 19.0. The zero-order valence-corrected chi connectivity index (χ0v) is 33.5. The van der Waals surface area contributed by atoms with E-state index in [4.69, 9.17) is 4.74 Å². The Morgan fingerprint density at radius 2 is 1.07 bits per heavy atom. The molecule has 0 aliphatic rings. The number of rotatable bonds is 17. The Morgan fingerprint density at radius 1 is 0.727 bits per heavy atom. The molecule has 0 spiro atoms. The summed E-state index contributed by atoms with van der Waals surface area (Å²) in [5.41, 5.74) is -3.82. The molecule has 0 bridgehead atoms. The van der Waals surface area contributed by atoms with Gasteiger partial charge in [0.15, 0.2) is 0 Å². The van der Waals surface area contributed by atoms with Crippen molar-refractivity contribution in [2.24, 2.45) is 11.8 Å². The van der Waals surface area contributed by atoms with Gasteiger partial charge < -0.3 is 39.7 Å². The van der Waals surface area contributed by atoms with E-state index in [2.05, 4.69) is 0 Å². The van der Waals surface area contributed by atoms with E-state index in [9.17, 15) is 50.6 Å². The summed E-state index contributed by atoms with van der Waals surface area (Å²) in [4.78, 5) is 51.9. The zero-order valence-electron chi connectivity index (χ0n) is 33.5. The fourth-order valence-corrected chi connectivity index (χ4v) is 5.26. The smallest absolute Gasteiger partial charge is 0.870 e. The first-order valence-electron chi connectivity index (χ1n) is 17.2. The monoisotopic (exact) mass is 794 g/mol. The van der Waals surface area contributed by atoms with E-state index in [1.807, 2.05) is 27.7 Å². The first kappa shape index (κ1) is 56.2. The van der Waals surface area contributed by atoms with Crippen molar-refractivity contribution < 1.29 is 75.6 Å². The number of aliphatic carboxylic acids is 1. The van der Waals surface area contributed by atoms with E-state index in [1.54, 1.807) is 44.9 Å². The van der Waals surface area contributed by atoms with E-state index < -0.39 is 58.6 Å². The number of carbonyl (C=O) groups excluding carboxylic acids is 1. The number of hydrogen-bond acceptors (Lipinski definition) is 8. The molecule has 4 N–H and O–H groups in total. The number of pyridine rings is 2. The molecule has 2 atom stereocenters. The molecule has 0 aliphatic carbocycles. The fourth-order valence-electron chi connectivity index (χ4n) is 5.26. The third-order valence-corrected chi connectivity index (χ3v) is 8.14. The van der Waals surface area contributed by atoms with Crippen LogP contribution in [0.25, 0.3) is 0 Å². The Bertz CT molecular complexity index is 1580. The van der Waals surface area contributed by atoms with Gasteiger partial charge in [-0.1, -0.05) is 27.7 Å². The van der Waals surface area contributed by atoms with Crippen LogP contribution in [-0.4, -0.2) is 94.8 Å². The minimum Gasteiger partial charge on any atom is -0.870 e. The summed E-state index contributed by atoms with van der Waals surface area (Å²) in [6, 6.07) is -1.00. The van der Waals surface area contributed by atoms with Crippen LogP contribution >= 0.6 is 0 Å². The first-order chi connectivity index (χ1) is 23.9. The number of ether oxygens (including phenoxy) is 1. The quantitative estimate of drug-likeness (QED) is 0.143. The van der Waals surface area contributed by atoms with Crippen LogP contribution in [0.2, 0.25) is 0 Å². The summed E-state index contributed by atoms with van der Waals surface area (Å²) in [5.74, 6) is -1.32. The van der Waals surface area contributed by atoms with Gasteiger partial charge in [0.1, 0.15) is 12.1 Å². The van der Waals surface area contributed by atoms with Gasteiger partial charge in [0, 0.05) is 37.6 Å². The van der Waals surface area contributed by atoms with Crippen LogP contribution in [0.3, 0.4) is 0 Å². The number of halogens is 6. The number of esters is 1. The molecule has 2 heterocycles. The summed E-state index contributed by atoms with van der Waals surface area (Å²) in [6.07, 6.45) is -5.15. The second-order valence-corrected chi connectivity index (χ2v) is 14.1. The maximum Gasteiger partial charge on any atom is 1.00 e. The Labute approximate surface area is 330 Å². The van der Waals surface area contributed by atoms with Gasteiger partial charge in [-0.15, -0.1) is 0 Å². The van der Waals surface area contributed by atoms with Crippen LogP contribution in [0.4, 0.5) is 26.3 Å². The summed E-state index contributed by atoms with van der Waals surface area (Å²) >= 11 is 0.